The molecule has 1 aromatic heterocycles. The van der Waals surface area contributed by atoms with Crippen LogP contribution in [-0.2, 0) is 4.74 Å². The minimum absolute atomic E-state index is 0.130. The highest BCUT2D eigenvalue weighted by molar-refractivity contribution is 4.88. The molecule has 1 fully saturated rings. The molecule has 0 amide bonds. The van der Waals surface area contributed by atoms with E-state index in [2.05, 4.69) is 0 Å². The first-order valence-electron chi connectivity index (χ1n) is 5.12. The molecule has 1 aliphatic heterocycles. The number of H-pyrrole nitrogens is 1. The Morgan fingerprint density at radius 1 is 1.61 bits per heavy atom. The lowest BCUT2D eigenvalue weighted by molar-refractivity contribution is -0.0412. The number of aromatic nitrogens is 2. The zero-order valence-corrected chi connectivity index (χ0v) is 9.08. The van der Waals surface area contributed by atoms with Crippen LogP contribution in [0.1, 0.15) is 0 Å². The van der Waals surface area contributed by atoms with Gasteiger partial charge in [-0.2, -0.15) is 4.39 Å². The molecule has 0 spiro atoms. The highest BCUT2D eigenvalue weighted by atomic mass is 19.1. The molecule has 3 N–H and O–H groups in total. The molecule has 1 aromatic rings. The van der Waals surface area contributed by atoms with E-state index in [1.165, 1.54) is 0 Å². The van der Waals surface area contributed by atoms with Crippen LogP contribution >= 0.6 is 0 Å². The van der Waals surface area contributed by atoms with Gasteiger partial charge in [0.15, 0.2) is 6.10 Å². The summed E-state index contributed by atoms with van der Waals surface area (Å²) in [6.07, 6.45) is -2.51. The lowest BCUT2D eigenvalue weighted by atomic mass is 10.2. The summed E-state index contributed by atoms with van der Waals surface area (Å²) in [6.45, 7) is -0.565. The number of nitrogens with one attached hydrogen (secondary N) is 1. The number of nitrogens with zero attached hydrogens (tertiary/aromatic N) is 1. The van der Waals surface area contributed by atoms with Crippen molar-refractivity contribution in [1.29, 1.82) is 0 Å². The van der Waals surface area contributed by atoms with Crippen molar-refractivity contribution in [2.75, 3.05) is 13.2 Å². The highest BCUT2D eigenvalue weighted by Crippen LogP contribution is 2.14. The summed E-state index contributed by atoms with van der Waals surface area (Å²) in [5.41, 5.74) is -2.24. The van der Waals surface area contributed by atoms with Crippen LogP contribution in [0.2, 0.25) is 0 Å². The van der Waals surface area contributed by atoms with E-state index in [-0.39, 0.29) is 11.3 Å². The smallest absolute Gasteiger partial charge is 0.362 e. The predicted molar refractivity (Wildman–Crippen MR) is 54.5 cm³/mol. The van der Waals surface area contributed by atoms with Gasteiger partial charge in [-0.1, -0.05) is 4.73 Å². The van der Waals surface area contributed by atoms with Gasteiger partial charge in [-0.15, -0.1) is 0 Å². The third kappa shape index (κ3) is 2.15. The molecule has 0 unspecified atom stereocenters. The number of aliphatic hydroxyl groups excluding tert-OH is 2. The lowest BCUT2D eigenvalue weighted by Gasteiger charge is -2.16. The van der Waals surface area contributed by atoms with Crippen LogP contribution in [0.5, 0.6) is 0 Å². The first-order chi connectivity index (χ1) is 8.54. The van der Waals surface area contributed by atoms with Crippen molar-refractivity contribution in [1.82, 2.24) is 9.71 Å². The molecule has 0 radical (unpaired) electrons. The summed E-state index contributed by atoms with van der Waals surface area (Å²) in [6, 6.07) is 0. The lowest BCUT2D eigenvalue weighted by Crippen LogP contribution is -2.48. The van der Waals surface area contributed by atoms with Gasteiger partial charge in [0.1, 0.15) is 12.2 Å². The summed E-state index contributed by atoms with van der Waals surface area (Å²) in [5.74, 6) is -1.19. The Kier molecular flexibility index (Phi) is 3.45. The fourth-order valence-corrected chi connectivity index (χ4v) is 1.57. The maximum Gasteiger partial charge on any atom is 0.362 e. The van der Waals surface area contributed by atoms with Gasteiger partial charge >= 0.3 is 11.2 Å². The minimum Gasteiger partial charge on any atom is -0.397 e. The number of hydrogen-bond acceptors (Lipinski definition) is 6. The number of halogens is 1. The van der Waals surface area contributed by atoms with Gasteiger partial charge in [0.2, 0.25) is 5.82 Å². The zero-order chi connectivity index (χ0) is 13.3. The second-order valence-corrected chi connectivity index (χ2v) is 3.73. The van der Waals surface area contributed by atoms with Crippen molar-refractivity contribution in [2.45, 2.75) is 18.3 Å². The maximum absolute atomic E-state index is 13.0. The molecule has 0 aliphatic carbocycles. The van der Waals surface area contributed by atoms with Gasteiger partial charge in [-0.25, -0.2) is 4.79 Å². The largest absolute Gasteiger partial charge is 0.397 e. The molecule has 3 atom stereocenters. The van der Waals surface area contributed by atoms with Gasteiger partial charge in [0.25, 0.3) is 0 Å². The third-order valence-electron chi connectivity index (χ3n) is 2.55. The van der Waals surface area contributed by atoms with E-state index in [1.807, 2.05) is 4.98 Å². The van der Waals surface area contributed by atoms with Crippen molar-refractivity contribution in [3.63, 3.8) is 0 Å². The minimum atomic E-state index is -1.27. The van der Waals surface area contributed by atoms with Crippen molar-refractivity contribution in [2.24, 2.45) is 0 Å². The SMILES string of the molecule is O=c1[nH]cc(F)c(=O)n1O[C@@H]1CO[C@H](CO)[C@H]1O. The Morgan fingerprint density at radius 3 is 2.94 bits per heavy atom. The Morgan fingerprint density at radius 2 is 2.33 bits per heavy atom. The summed E-state index contributed by atoms with van der Waals surface area (Å²) < 4.78 is 18.1. The summed E-state index contributed by atoms with van der Waals surface area (Å²) in [4.78, 5) is 29.4. The van der Waals surface area contributed by atoms with Crippen molar-refractivity contribution in [3.8, 4) is 0 Å². The van der Waals surface area contributed by atoms with Crippen LogP contribution in [0, 0.1) is 5.82 Å². The molecule has 1 aliphatic rings. The van der Waals surface area contributed by atoms with Gasteiger partial charge in [-0.3, -0.25) is 4.79 Å². The molecular formula is C9H11FN2O6. The second kappa shape index (κ2) is 4.88. The van der Waals surface area contributed by atoms with Crippen molar-refractivity contribution in [3.05, 3.63) is 32.9 Å². The van der Waals surface area contributed by atoms with Gasteiger partial charge in [0.05, 0.1) is 13.2 Å². The van der Waals surface area contributed by atoms with Crippen molar-refractivity contribution >= 4 is 0 Å². The zero-order valence-electron chi connectivity index (χ0n) is 9.08. The quantitative estimate of drug-likeness (QED) is 0.543. The Balaban J connectivity index is 2.23. The van der Waals surface area contributed by atoms with Gasteiger partial charge < -0.3 is 24.8 Å². The van der Waals surface area contributed by atoms with Crippen LogP contribution in [0.25, 0.3) is 0 Å². The highest BCUT2D eigenvalue weighted by Gasteiger charge is 2.38. The molecule has 0 saturated carbocycles. The van der Waals surface area contributed by atoms with Gasteiger partial charge in [-0.05, 0) is 0 Å². The molecule has 9 heteroatoms. The van der Waals surface area contributed by atoms with E-state index in [4.69, 9.17) is 14.7 Å². The van der Waals surface area contributed by atoms with Crippen LogP contribution in [0.4, 0.5) is 4.39 Å². The number of hydrogen-bond donors (Lipinski definition) is 3. The van der Waals surface area contributed by atoms with E-state index in [9.17, 15) is 19.1 Å². The number of aromatic amines is 1. The summed E-state index contributed by atoms with van der Waals surface area (Å²) in [5, 5.41) is 18.5. The molecule has 0 aromatic carbocycles. The fraction of sp³-hybridized carbons (Fsp3) is 0.556. The second-order valence-electron chi connectivity index (χ2n) is 3.73. The maximum atomic E-state index is 13.0. The van der Waals surface area contributed by atoms with Crippen molar-refractivity contribution < 1.29 is 24.2 Å². The van der Waals surface area contributed by atoms with Crippen LogP contribution in [0.15, 0.2) is 15.8 Å². The van der Waals surface area contributed by atoms with E-state index in [0.717, 1.165) is 0 Å². The van der Waals surface area contributed by atoms with E-state index >= 15 is 0 Å². The third-order valence-corrected chi connectivity index (χ3v) is 2.55. The predicted octanol–water partition coefficient (Wildman–Crippen LogP) is -2.78. The average molecular weight is 262 g/mol. The monoisotopic (exact) mass is 262 g/mol. The number of ether oxygens (including phenoxy) is 1. The molecule has 2 heterocycles. The van der Waals surface area contributed by atoms with Crippen LogP contribution in [-0.4, -0.2) is 51.5 Å². The standard InChI is InChI=1S/C9H11FN2O6/c10-4-1-11-9(16)12(8(4)15)18-6-3-17-5(2-13)7(6)14/h1,5-7,13-14H,2-3H2,(H,11,16)/t5-,6-,7-/m1/s1. The van der Waals surface area contributed by atoms with Crippen LogP contribution < -0.4 is 16.1 Å². The molecule has 18 heavy (non-hydrogen) atoms. The Labute approximate surface area is 99.2 Å². The first kappa shape index (κ1) is 12.7. The first-order valence-corrected chi connectivity index (χ1v) is 5.12. The molecule has 8 nitrogen and oxygen atoms in total. The van der Waals surface area contributed by atoms with Gasteiger partial charge in [0, 0.05) is 6.20 Å². The Hall–Kier alpha value is -1.71. The normalized spacial score (nSPS) is 27.4. The van der Waals surface area contributed by atoms with E-state index in [0.29, 0.717) is 6.20 Å². The number of rotatable bonds is 3. The number of aliphatic hydroxyl groups is 2. The Bertz CT molecular complexity index is 541. The molecule has 0 bridgehead atoms. The molecular weight excluding hydrogens is 251 g/mol. The topological polar surface area (TPSA) is 114 Å². The van der Waals surface area contributed by atoms with E-state index in [1.54, 1.807) is 0 Å². The molecule has 1 saturated heterocycles. The summed E-state index contributed by atoms with van der Waals surface area (Å²) in [7, 11) is 0. The summed E-state index contributed by atoms with van der Waals surface area (Å²) >= 11 is 0. The molecule has 2 rings (SSSR count). The van der Waals surface area contributed by atoms with E-state index < -0.39 is 42.0 Å². The average Bonchev–Trinajstić information content (AvgIpc) is 2.71. The van der Waals surface area contributed by atoms with Crippen LogP contribution in [0.3, 0.4) is 0 Å². The molecule has 100 valence electrons. The fourth-order valence-electron chi connectivity index (χ4n) is 1.57.